The fourth-order valence-corrected chi connectivity index (χ4v) is 2.83. The molecule has 0 bridgehead atoms. The molecule has 0 aliphatic carbocycles. The van der Waals surface area contributed by atoms with Crippen LogP contribution in [0.4, 0.5) is 0 Å². The van der Waals surface area contributed by atoms with Crippen molar-refractivity contribution in [1.29, 1.82) is 0 Å². The van der Waals surface area contributed by atoms with E-state index in [9.17, 15) is 8.42 Å². The van der Waals surface area contributed by atoms with E-state index >= 15 is 0 Å². The predicted molar refractivity (Wildman–Crippen MR) is 82.4 cm³/mol. The lowest BCUT2D eigenvalue weighted by molar-refractivity contribution is 0.360. The molecule has 0 radical (unpaired) electrons. The molecular formula is C14H22N4O4S. The first-order valence-corrected chi connectivity index (χ1v) is 9.10. The van der Waals surface area contributed by atoms with E-state index in [1.165, 1.54) is 6.92 Å². The monoisotopic (exact) mass is 342 g/mol. The van der Waals surface area contributed by atoms with Gasteiger partial charge >= 0.3 is 0 Å². The fraction of sp³-hybridized carbons (Fsp3) is 0.714. The third-order valence-corrected chi connectivity index (χ3v) is 5.25. The van der Waals surface area contributed by atoms with E-state index in [2.05, 4.69) is 20.3 Å². The topological polar surface area (TPSA) is 112 Å². The van der Waals surface area contributed by atoms with Crippen LogP contribution < -0.4 is 0 Å². The van der Waals surface area contributed by atoms with E-state index in [1.807, 2.05) is 34.6 Å². The Bertz CT molecular complexity index is 771. The van der Waals surface area contributed by atoms with Gasteiger partial charge in [0.1, 0.15) is 11.0 Å². The molecular weight excluding hydrogens is 320 g/mol. The maximum Gasteiger partial charge on any atom is 0.244 e. The van der Waals surface area contributed by atoms with Crippen molar-refractivity contribution in [1.82, 2.24) is 20.3 Å². The molecule has 9 heteroatoms. The zero-order valence-electron chi connectivity index (χ0n) is 14.2. The second-order valence-electron chi connectivity index (χ2n) is 6.86. The summed E-state index contributed by atoms with van der Waals surface area (Å²) < 4.78 is 35.1. The zero-order valence-corrected chi connectivity index (χ0v) is 15.0. The number of hydrogen-bond acceptors (Lipinski definition) is 8. The molecule has 0 spiro atoms. The highest BCUT2D eigenvalue weighted by atomic mass is 32.2. The molecule has 0 saturated carbocycles. The normalized spacial score (nSPS) is 14.4. The van der Waals surface area contributed by atoms with Gasteiger partial charge in [-0.2, -0.15) is 9.97 Å². The maximum absolute atomic E-state index is 12.5. The van der Waals surface area contributed by atoms with Crippen LogP contribution in [0.2, 0.25) is 0 Å². The Hall–Kier alpha value is -1.77. The average Bonchev–Trinajstić information content (AvgIpc) is 3.04. The van der Waals surface area contributed by atoms with Gasteiger partial charge in [-0.25, -0.2) is 8.42 Å². The van der Waals surface area contributed by atoms with Crippen molar-refractivity contribution in [2.24, 2.45) is 0 Å². The van der Waals surface area contributed by atoms with E-state index in [4.69, 9.17) is 9.05 Å². The van der Waals surface area contributed by atoms with Crippen molar-refractivity contribution >= 4 is 9.84 Å². The Kier molecular flexibility index (Phi) is 4.61. The predicted octanol–water partition coefficient (Wildman–Crippen LogP) is 2.55. The average molecular weight is 342 g/mol. The second-order valence-corrected chi connectivity index (χ2v) is 9.18. The molecule has 8 nitrogen and oxygen atoms in total. The molecule has 23 heavy (non-hydrogen) atoms. The summed E-state index contributed by atoms with van der Waals surface area (Å²) >= 11 is 0. The van der Waals surface area contributed by atoms with Gasteiger partial charge in [0.05, 0.1) is 0 Å². The van der Waals surface area contributed by atoms with Crippen LogP contribution in [0.15, 0.2) is 9.05 Å². The van der Waals surface area contributed by atoms with Crippen LogP contribution in [0, 0.1) is 0 Å². The summed E-state index contributed by atoms with van der Waals surface area (Å²) in [4.78, 5) is 8.29. The highest BCUT2D eigenvalue weighted by Crippen LogP contribution is 2.26. The Morgan fingerprint density at radius 2 is 1.70 bits per heavy atom. The van der Waals surface area contributed by atoms with Crippen molar-refractivity contribution in [3.05, 3.63) is 23.4 Å². The van der Waals surface area contributed by atoms with Gasteiger partial charge in [-0.3, -0.25) is 0 Å². The van der Waals surface area contributed by atoms with Crippen molar-refractivity contribution < 1.29 is 17.5 Å². The summed E-state index contributed by atoms with van der Waals surface area (Å²) in [7, 11) is -3.60. The third kappa shape index (κ3) is 3.95. The van der Waals surface area contributed by atoms with Crippen molar-refractivity contribution in [3.63, 3.8) is 0 Å². The Balaban J connectivity index is 2.19. The highest BCUT2D eigenvalue weighted by molar-refractivity contribution is 7.90. The van der Waals surface area contributed by atoms with Gasteiger partial charge in [-0.15, -0.1) is 0 Å². The molecule has 2 aromatic heterocycles. The van der Waals surface area contributed by atoms with Gasteiger partial charge in [0.25, 0.3) is 0 Å². The molecule has 0 aliphatic heterocycles. The van der Waals surface area contributed by atoms with Crippen LogP contribution in [0.1, 0.15) is 76.1 Å². The molecule has 0 unspecified atom stereocenters. The number of sulfone groups is 1. The molecule has 128 valence electrons. The molecule has 0 N–H and O–H groups in total. The van der Waals surface area contributed by atoms with Crippen LogP contribution in [0.5, 0.6) is 0 Å². The summed E-state index contributed by atoms with van der Waals surface area (Å²) in [5.74, 6) is 0.791. The molecule has 2 aromatic rings. The van der Waals surface area contributed by atoms with E-state index in [0.717, 1.165) is 0 Å². The molecule has 2 heterocycles. The molecule has 2 rings (SSSR count). The van der Waals surface area contributed by atoms with Crippen molar-refractivity contribution in [2.45, 2.75) is 63.9 Å². The Morgan fingerprint density at radius 1 is 1.04 bits per heavy atom. The first-order chi connectivity index (χ1) is 10.5. The minimum atomic E-state index is -3.60. The van der Waals surface area contributed by atoms with Gasteiger partial charge in [0.15, 0.2) is 21.5 Å². The van der Waals surface area contributed by atoms with Crippen LogP contribution >= 0.6 is 0 Å². The largest absolute Gasteiger partial charge is 0.338 e. The summed E-state index contributed by atoms with van der Waals surface area (Å²) in [6.45, 7) is 11.1. The summed E-state index contributed by atoms with van der Waals surface area (Å²) in [6.07, 6.45) is 0. The SMILES string of the molecule is CC(C)c1noc(CS(=O)(=O)[C@H](C)c2nc(C(C)(C)C)no2)n1. The van der Waals surface area contributed by atoms with E-state index in [0.29, 0.717) is 11.6 Å². The molecule has 0 aliphatic rings. The molecule has 0 aromatic carbocycles. The molecule has 0 fully saturated rings. The van der Waals surface area contributed by atoms with Crippen molar-refractivity contribution in [2.75, 3.05) is 0 Å². The van der Waals surface area contributed by atoms with E-state index < -0.39 is 15.1 Å². The van der Waals surface area contributed by atoms with Gasteiger partial charge < -0.3 is 9.05 Å². The first-order valence-electron chi connectivity index (χ1n) is 7.39. The Morgan fingerprint density at radius 3 is 2.17 bits per heavy atom. The van der Waals surface area contributed by atoms with Crippen LogP contribution in [0.25, 0.3) is 0 Å². The van der Waals surface area contributed by atoms with Crippen molar-refractivity contribution in [3.8, 4) is 0 Å². The van der Waals surface area contributed by atoms with E-state index in [1.54, 1.807) is 0 Å². The number of nitrogens with zero attached hydrogens (tertiary/aromatic N) is 4. The van der Waals surface area contributed by atoms with Gasteiger partial charge in [0, 0.05) is 11.3 Å². The quantitative estimate of drug-likeness (QED) is 0.814. The second kappa shape index (κ2) is 6.03. The minimum absolute atomic E-state index is 0.0658. The lowest BCUT2D eigenvalue weighted by Gasteiger charge is -2.11. The number of rotatable bonds is 5. The van der Waals surface area contributed by atoms with Crippen LogP contribution in [-0.4, -0.2) is 28.7 Å². The minimum Gasteiger partial charge on any atom is -0.338 e. The standard InChI is InChI=1S/C14H22N4O4S/c1-8(2)11-15-10(21-17-11)7-23(19,20)9(3)12-16-13(18-22-12)14(4,5)6/h8-9H,7H2,1-6H3/t9-/m1/s1. The third-order valence-electron chi connectivity index (χ3n) is 3.32. The molecule has 0 amide bonds. The summed E-state index contributed by atoms with van der Waals surface area (Å²) in [5.41, 5.74) is -0.316. The molecule has 0 saturated heterocycles. The van der Waals surface area contributed by atoms with E-state index in [-0.39, 0.29) is 28.9 Å². The molecule has 1 atom stereocenters. The van der Waals surface area contributed by atoms with Crippen LogP contribution in [0.3, 0.4) is 0 Å². The summed E-state index contributed by atoms with van der Waals surface area (Å²) in [6, 6.07) is 0. The fourth-order valence-electron chi connectivity index (χ4n) is 1.72. The first kappa shape index (κ1) is 17.6. The smallest absolute Gasteiger partial charge is 0.244 e. The highest BCUT2D eigenvalue weighted by Gasteiger charge is 2.32. The maximum atomic E-state index is 12.5. The lowest BCUT2D eigenvalue weighted by Crippen LogP contribution is -2.16. The van der Waals surface area contributed by atoms with Gasteiger partial charge in [0.2, 0.25) is 11.8 Å². The Labute approximate surface area is 135 Å². The number of aromatic nitrogens is 4. The lowest BCUT2D eigenvalue weighted by atomic mass is 9.96. The van der Waals surface area contributed by atoms with Crippen LogP contribution in [-0.2, 0) is 21.0 Å². The summed E-state index contributed by atoms with van der Waals surface area (Å²) in [5, 5.41) is 6.68. The van der Waals surface area contributed by atoms with Gasteiger partial charge in [-0.05, 0) is 6.92 Å². The van der Waals surface area contributed by atoms with Gasteiger partial charge in [-0.1, -0.05) is 44.9 Å². The zero-order chi connectivity index (χ0) is 17.4. The number of hydrogen-bond donors (Lipinski definition) is 0.